The highest BCUT2D eigenvalue weighted by atomic mass is 35.5. The standard InChI is InChI=1S/C11H5ClF4N2/c12-10-17-4-3-9(18-10)7-5-6(13)1-2-8(7)11(14,15)16/h1-5H. The molecule has 2 nitrogen and oxygen atoms in total. The monoisotopic (exact) mass is 276 g/mol. The Morgan fingerprint density at radius 1 is 1.11 bits per heavy atom. The molecule has 18 heavy (non-hydrogen) atoms. The van der Waals surface area contributed by atoms with Crippen LogP contribution < -0.4 is 0 Å². The Kier molecular flexibility index (Phi) is 3.21. The highest BCUT2D eigenvalue weighted by Crippen LogP contribution is 2.36. The molecule has 0 aliphatic heterocycles. The Labute approximate surface area is 104 Å². The van der Waals surface area contributed by atoms with Crippen LogP contribution in [0.5, 0.6) is 0 Å². The first-order chi connectivity index (χ1) is 8.38. The van der Waals surface area contributed by atoms with E-state index in [0.717, 1.165) is 12.1 Å². The van der Waals surface area contributed by atoms with Crippen molar-refractivity contribution in [2.45, 2.75) is 6.18 Å². The summed E-state index contributed by atoms with van der Waals surface area (Å²) in [5, 5.41) is -0.204. The van der Waals surface area contributed by atoms with Gasteiger partial charge in [-0.1, -0.05) is 0 Å². The third-order valence-electron chi connectivity index (χ3n) is 2.19. The lowest BCUT2D eigenvalue weighted by atomic mass is 10.0. The molecule has 0 amide bonds. The maximum absolute atomic E-state index is 13.1. The van der Waals surface area contributed by atoms with E-state index in [4.69, 9.17) is 11.6 Å². The number of alkyl halides is 3. The molecule has 1 aromatic heterocycles. The molecule has 0 atom stereocenters. The van der Waals surface area contributed by atoms with Gasteiger partial charge >= 0.3 is 6.18 Å². The van der Waals surface area contributed by atoms with E-state index in [2.05, 4.69) is 9.97 Å². The summed E-state index contributed by atoms with van der Waals surface area (Å²) in [4.78, 5) is 7.21. The van der Waals surface area contributed by atoms with Crippen LogP contribution in [0.15, 0.2) is 30.5 Å². The lowest BCUT2D eigenvalue weighted by Gasteiger charge is -2.12. The number of aromatic nitrogens is 2. The lowest BCUT2D eigenvalue weighted by molar-refractivity contribution is -0.137. The molecule has 0 radical (unpaired) electrons. The largest absolute Gasteiger partial charge is 0.417 e. The quantitative estimate of drug-likeness (QED) is 0.582. The van der Waals surface area contributed by atoms with Crippen molar-refractivity contribution in [2.24, 2.45) is 0 Å². The molecular weight excluding hydrogens is 272 g/mol. The molecule has 94 valence electrons. The molecule has 0 aliphatic carbocycles. The zero-order valence-corrected chi connectivity index (χ0v) is 9.43. The summed E-state index contributed by atoms with van der Waals surface area (Å²) in [5.41, 5.74) is -1.42. The normalized spacial score (nSPS) is 11.6. The SMILES string of the molecule is Fc1ccc(C(F)(F)F)c(-c2ccnc(Cl)n2)c1. The molecule has 7 heteroatoms. The van der Waals surface area contributed by atoms with E-state index in [0.29, 0.717) is 6.07 Å². The second kappa shape index (κ2) is 4.53. The minimum absolute atomic E-state index is 0.0816. The Morgan fingerprint density at radius 3 is 2.44 bits per heavy atom. The van der Waals surface area contributed by atoms with Gasteiger partial charge in [0.05, 0.1) is 11.3 Å². The minimum Gasteiger partial charge on any atom is -0.226 e. The van der Waals surface area contributed by atoms with Crippen molar-refractivity contribution >= 4 is 11.6 Å². The summed E-state index contributed by atoms with van der Waals surface area (Å²) < 4.78 is 51.4. The summed E-state index contributed by atoms with van der Waals surface area (Å²) in [6.45, 7) is 0. The van der Waals surface area contributed by atoms with Crippen LogP contribution in [0.4, 0.5) is 17.6 Å². The number of hydrogen-bond acceptors (Lipinski definition) is 2. The van der Waals surface area contributed by atoms with Crippen LogP contribution in [0.2, 0.25) is 5.28 Å². The third kappa shape index (κ3) is 2.59. The molecule has 2 aromatic rings. The van der Waals surface area contributed by atoms with E-state index in [1.165, 1.54) is 12.3 Å². The fourth-order valence-electron chi connectivity index (χ4n) is 1.46. The predicted molar refractivity (Wildman–Crippen MR) is 57.4 cm³/mol. The fraction of sp³-hybridized carbons (Fsp3) is 0.0909. The highest BCUT2D eigenvalue weighted by Gasteiger charge is 2.34. The maximum atomic E-state index is 13.1. The topological polar surface area (TPSA) is 25.8 Å². The second-order valence-corrected chi connectivity index (χ2v) is 3.74. The van der Waals surface area contributed by atoms with E-state index in [1.807, 2.05) is 0 Å². The van der Waals surface area contributed by atoms with E-state index >= 15 is 0 Å². The molecule has 0 bridgehead atoms. The van der Waals surface area contributed by atoms with Gasteiger partial charge in [-0.3, -0.25) is 0 Å². The van der Waals surface area contributed by atoms with Crippen molar-refractivity contribution in [1.29, 1.82) is 0 Å². The van der Waals surface area contributed by atoms with Crippen LogP contribution in [0.25, 0.3) is 11.3 Å². The molecule has 0 unspecified atom stereocenters. The zero-order valence-electron chi connectivity index (χ0n) is 8.67. The molecule has 0 spiro atoms. The Balaban J connectivity index is 2.66. The van der Waals surface area contributed by atoms with E-state index in [-0.39, 0.29) is 16.5 Å². The maximum Gasteiger partial charge on any atom is 0.417 e. The molecule has 0 saturated carbocycles. The summed E-state index contributed by atoms with van der Waals surface area (Å²) in [7, 11) is 0. The molecule has 0 fully saturated rings. The first kappa shape index (κ1) is 12.8. The van der Waals surface area contributed by atoms with Gasteiger partial charge in [0.15, 0.2) is 0 Å². The Hall–Kier alpha value is -1.69. The van der Waals surface area contributed by atoms with Crippen LogP contribution in [0.3, 0.4) is 0 Å². The van der Waals surface area contributed by atoms with Gasteiger partial charge in [-0.05, 0) is 35.9 Å². The van der Waals surface area contributed by atoms with Crippen LogP contribution in [0, 0.1) is 5.82 Å². The van der Waals surface area contributed by atoms with Gasteiger partial charge in [0, 0.05) is 11.8 Å². The van der Waals surface area contributed by atoms with Gasteiger partial charge in [-0.25, -0.2) is 14.4 Å². The Bertz CT molecular complexity index is 583. The average Bonchev–Trinajstić information content (AvgIpc) is 2.27. The summed E-state index contributed by atoms with van der Waals surface area (Å²) in [5.74, 6) is -0.785. The van der Waals surface area contributed by atoms with Crippen LogP contribution in [-0.4, -0.2) is 9.97 Å². The van der Waals surface area contributed by atoms with Gasteiger partial charge in [0.1, 0.15) is 5.82 Å². The van der Waals surface area contributed by atoms with Gasteiger partial charge in [0.2, 0.25) is 5.28 Å². The van der Waals surface area contributed by atoms with Gasteiger partial charge in [-0.2, -0.15) is 13.2 Å². The van der Waals surface area contributed by atoms with Crippen molar-refractivity contribution in [3.05, 3.63) is 47.1 Å². The highest BCUT2D eigenvalue weighted by molar-refractivity contribution is 6.28. The molecule has 0 N–H and O–H groups in total. The van der Waals surface area contributed by atoms with Crippen LogP contribution in [-0.2, 0) is 6.18 Å². The fourth-order valence-corrected chi connectivity index (χ4v) is 1.61. The van der Waals surface area contributed by atoms with Crippen LogP contribution in [0.1, 0.15) is 5.56 Å². The molecule has 2 rings (SSSR count). The first-order valence-electron chi connectivity index (χ1n) is 4.73. The predicted octanol–water partition coefficient (Wildman–Crippen LogP) is 3.95. The number of nitrogens with zero attached hydrogens (tertiary/aromatic N) is 2. The molecular formula is C11H5ClF4N2. The molecule has 1 heterocycles. The van der Waals surface area contributed by atoms with Gasteiger partial charge < -0.3 is 0 Å². The molecule has 0 saturated heterocycles. The summed E-state index contributed by atoms with van der Waals surface area (Å²) in [6, 6.07) is 3.41. The van der Waals surface area contributed by atoms with Crippen molar-refractivity contribution in [1.82, 2.24) is 9.97 Å². The lowest BCUT2D eigenvalue weighted by Crippen LogP contribution is -2.08. The average molecular weight is 277 g/mol. The smallest absolute Gasteiger partial charge is 0.226 e. The third-order valence-corrected chi connectivity index (χ3v) is 2.37. The Morgan fingerprint density at radius 2 is 1.83 bits per heavy atom. The first-order valence-corrected chi connectivity index (χ1v) is 5.11. The summed E-state index contributed by atoms with van der Waals surface area (Å²) in [6.07, 6.45) is -3.39. The number of hydrogen-bond donors (Lipinski definition) is 0. The molecule has 1 aromatic carbocycles. The number of benzene rings is 1. The van der Waals surface area contributed by atoms with Crippen LogP contribution >= 0.6 is 11.6 Å². The second-order valence-electron chi connectivity index (χ2n) is 3.40. The van der Waals surface area contributed by atoms with Gasteiger partial charge in [-0.15, -0.1) is 0 Å². The molecule has 0 aliphatic rings. The van der Waals surface area contributed by atoms with Crippen molar-refractivity contribution in [2.75, 3.05) is 0 Å². The minimum atomic E-state index is -4.60. The van der Waals surface area contributed by atoms with E-state index < -0.39 is 17.6 Å². The van der Waals surface area contributed by atoms with Crippen molar-refractivity contribution < 1.29 is 17.6 Å². The summed E-state index contributed by atoms with van der Waals surface area (Å²) >= 11 is 5.50. The van der Waals surface area contributed by atoms with Crippen molar-refractivity contribution in [3.8, 4) is 11.3 Å². The zero-order chi connectivity index (χ0) is 13.3. The van der Waals surface area contributed by atoms with E-state index in [1.54, 1.807) is 0 Å². The van der Waals surface area contributed by atoms with Crippen molar-refractivity contribution in [3.63, 3.8) is 0 Å². The van der Waals surface area contributed by atoms with Gasteiger partial charge in [0.25, 0.3) is 0 Å². The number of halogens is 5. The number of rotatable bonds is 1. The van der Waals surface area contributed by atoms with E-state index in [9.17, 15) is 17.6 Å².